The third kappa shape index (κ3) is 1.09. The molecule has 0 amide bonds. The van der Waals surface area contributed by atoms with Crippen LogP contribution in [-0.2, 0) is 7.05 Å². The van der Waals surface area contributed by atoms with Gasteiger partial charge in [-0.1, -0.05) is 0 Å². The van der Waals surface area contributed by atoms with Crippen LogP contribution in [0.4, 0.5) is 5.69 Å². The second-order valence-corrected chi connectivity index (χ2v) is 3.09. The summed E-state index contributed by atoms with van der Waals surface area (Å²) >= 11 is 0. The van der Waals surface area contributed by atoms with E-state index in [9.17, 15) is 4.79 Å². The van der Waals surface area contributed by atoms with E-state index in [1.54, 1.807) is 6.20 Å². The SMILES string of the molecule is Cn1cc(C=O)c2cc(N)ccc21. The monoisotopic (exact) mass is 174 g/mol. The van der Waals surface area contributed by atoms with Gasteiger partial charge < -0.3 is 10.3 Å². The van der Waals surface area contributed by atoms with Crippen molar-refractivity contribution in [3.8, 4) is 0 Å². The van der Waals surface area contributed by atoms with E-state index < -0.39 is 0 Å². The van der Waals surface area contributed by atoms with Gasteiger partial charge >= 0.3 is 0 Å². The minimum Gasteiger partial charge on any atom is -0.399 e. The Labute approximate surface area is 75.8 Å². The van der Waals surface area contributed by atoms with Gasteiger partial charge in [-0.15, -0.1) is 0 Å². The molecule has 2 N–H and O–H groups in total. The van der Waals surface area contributed by atoms with Gasteiger partial charge in [-0.25, -0.2) is 0 Å². The fraction of sp³-hybridized carbons (Fsp3) is 0.100. The highest BCUT2D eigenvalue weighted by Crippen LogP contribution is 2.21. The molecule has 0 bridgehead atoms. The Morgan fingerprint density at radius 1 is 1.46 bits per heavy atom. The van der Waals surface area contributed by atoms with Crippen LogP contribution in [-0.4, -0.2) is 10.9 Å². The lowest BCUT2D eigenvalue weighted by Crippen LogP contribution is -1.86. The first-order valence-electron chi connectivity index (χ1n) is 4.02. The van der Waals surface area contributed by atoms with Crippen molar-refractivity contribution in [2.45, 2.75) is 0 Å². The maximum absolute atomic E-state index is 10.7. The number of nitrogens with two attached hydrogens (primary N) is 1. The predicted octanol–water partition coefficient (Wildman–Crippen LogP) is 1.57. The van der Waals surface area contributed by atoms with Gasteiger partial charge in [-0.05, 0) is 18.2 Å². The van der Waals surface area contributed by atoms with E-state index in [0.29, 0.717) is 11.3 Å². The lowest BCUT2D eigenvalue weighted by Gasteiger charge is -1.96. The molecule has 0 fully saturated rings. The highest BCUT2D eigenvalue weighted by Gasteiger charge is 2.04. The van der Waals surface area contributed by atoms with Crippen molar-refractivity contribution in [1.29, 1.82) is 0 Å². The standard InChI is InChI=1S/C10H10N2O/c1-12-5-7(6-13)9-4-8(11)2-3-10(9)12/h2-6H,11H2,1H3. The number of nitrogens with zero attached hydrogens (tertiary/aromatic N) is 1. The van der Waals surface area contributed by atoms with Crippen molar-refractivity contribution in [3.05, 3.63) is 30.0 Å². The van der Waals surface area contributed by atoms with Crippen LogP contribution >= 0.6 is 0 Å². The number of aryl methyl sites for hydroxylation is 1. The third-order valence-electron chi connectivity index (χ3n) is 2.17. The molecule has 1 aromatic carbocycles. The van der Waals surface area contributed by atoms with Crippen molar-refractivity contribution in [2.24, 2.45) is 7.05 Å². The predicted molar refractivity (Wildman–Crippen MR) is 52.7 cm³/mol. The maximum Gasteiger partial charge on any atom is 0.152 e. The van der Waals surface area contributed by atoms with Crippen molar-refractivity contribution < 1.29 is 4.79 Å². The van der Waals surface area contributed by atoms with Crippen LogP contribution in [0.1, 0.15) is 10.4 Å². The summed E-state index contributed by atoms with van der Waals surface area (Å²) in [5.41, 5.74) is 8.02. The molecule has 0 spiro atoms. The van der Waals surface area contributed by atoms with Crippen molar-refractivity contribution in [3.63, 3.8) is 0 Å². The van der Waals surface area contributed by atoms with Gasteiger partial charge in [0.2, 0.25) is 0 Å². The average Bonchev–Trinajstić information content (AvgIpc) is 2.42. The van der Waals surface area contributed by atoms with Crippen LogP contribution in [0.15, 0.2) is 24.4 Å². The van der Waals surface area contributed by atoms with Gasteiger partial charge in [0.1, 0.15) is 0 Å². The number of benzene rings is 1. The Morgan fingerprint density at radius 3 is 2.92 bits per heavy atom. The molecule has 0 saturated carbocycles. The van der Waals surface area contributed by atoms with Gasteiger partial charge in [-0.3, -0.25) is 4.79 Å². The molecule has 0 unspecified atom stereocenters. The van der Waals surface area contributed by atoms with Crippen LogP contribution < -0.4 is 5.73 Å². The highest BCUT2D eigenvalue weighted by atomic mass is 16.1. The molecular weight excluding hydrogens is 164 g/mol. The van der Waals surface area contributed by atoms with Gasteiger partial charge in [0.05, 0.1) is 0 Å². The van der Waals surface area contributed by atoms with Crippen molar-refractivity contribution in [1.82, 2.24) is 4.57 Å². The van der Waals surface area contributed by atoms with Crippen LogP contribution in [0.25, 0.3) is 10.9 Å². The number of carbonyl (C=O) groups excluding carboxylic acids is 1. The summed E-state index contributed by atoms with van der Waals surface area (Å²) in [5, 5.41) is 0.914. The Balaban J connectivity index is 2.89. The fourth-order valence-electron chi connectivity index (χ4n) is 1.53. The number of nitrogen functional groups attached to an aromatic ring is 1. The molecule has 0 aliphatic carbocycles. The quantitative estimate of drug-likeness (QED) is 0.527. The van der Waals surface area contributed by atoms with E-state index in [1.165, 1.54) is 0 Å². The van der Waals surface area contributed by atoms with E-state index >= 15 is 0 Å². The molecule has 66 valence electrons. The molecular formula is C10H10N2O. The van der Waals surface area contributed by atoms with E-state index in [0.717, 1.165) is 17.2 Å². The average molecular weight is 174 g/mol. The second-order valence-electron chi connectivity index (χ2n) is 3.09. The zero-order chi connectivity index (χ0) is 9.42. The smallest absolute Gasteiger partial charge is 0.152 e. The topological polar surface area (TPSA) is 48.0 Å². The molecule has 0 aliphatic heterocycles. The Bertz CT molecular complexity index is 471. The van der Waals surface area contributed by atoms with Crippen molar-refractivity contribution in [2.75, 3.05) is 5.73 Å². The zero-order valence-electron chi connectivity index (χ0n) is 7.32. The molecule has 3 nitrogen and oxygen atoms in total. The van der Waals surface area contributed by atoms with E-state index in [4.69, 9.17) is 5.73 Å². The fourth-order valence-corrected chi connectivity index (χ4v) is 1.53. The van der Waals surface area contributed by atoms with Crippen LogP contribution in [0.5, 0.6) is 0 Å². The summed E-state index contributed by atoms with van der Waals surface area (Å²) in [6, 6.07) is 5.56. The van der Waals surface area contributed by atoms with Gasteiger partial charge in [0.25, 0.3) is 0 Å². The molecule has 1 heterocycles. The molecule has 0 radical (unpaired) electrons. The van der Waals surface area contributed by atoms with Gasteiger partial charge in [0, 0.05) is 35.4 Å². The van der Waals surface area contributed by atoms with Gasteiger partial charge in [0.15, 0.2) is 6.29 Å². The minimum atomic E-state index is 0.682. The van der Waals surface area contributed by atoms with Crippen LogP contribution in [0.3, 0.4) is 0 Å². The summed E-state index contributed by atoms with van der Waals surface area (Å²) < 4.78 is 1.92. The first-order valence-corrected chi connectivity index (χ1v) is 4.02. The maximum atomic E-state index is 10.7. The van der Waals surface area contributed by atoms with E-state index in [-0.39, 0.29) is 0 Å². The van der Waals surface area contributed by atoms with Crippen molar-refractivity contribution >= 4 is 22.9 Å². The molecule has 2 aromatic rings. The van der Waals surface area contributed by atoms with Gasteiger partial charge in [-0.2, -0.15) is 0 Å². The van der Waals surface area contributed by atoms with Crippen LogP contribution in [0, 0.1) is 0 Å². The second kappa shape index (κ2) is 2.62. The summed E-state index contributed by atoms with van der Waals surface area (Å²) in [6.07, 6.45) is 2.65. The number of hydrogen-bond acceptors (Lipinski definition) is 2. The Morgan fingerprint density at radius 2 is 2.23 bits per heavy atom. The number of carbonyl (C=O) groups is 1. The Hall–Kier alpha value is -1.77. The first-order chi connectivity index (χ1) is 6.22. The first kappa shape index (κ1) is 7.86. The molecule has 0 saturated heterocycles. The largest absolute Gasteiger partial charge is 0.399 e. The number of anilines is 1. The van der Waals surface area contributed by atoms with E-state index in [2.05, 4.69) is 0 Å². The normalized spacial score (nSPS) is 10.5. The molecule has 13 heavy (non-hydrogen) atoms. The third-order valence-corrected chi connectivity index (χ3v) is 2.17. The molecule has 3 heteroatoms. The zero-order valence-corrected chi connectivity index (χ0v) is 7.32. The summed E-state index contributed by atoms with van der Waals surface area (Å²) in [6.45, 7) is 0. The number of fused-ring (bicyclic) bond motifs is 1. The summed E-state index contributed by atoms with van der Waals surface area (Å²) in [5.74, 6) is 0. The Kier molecular flexibility index (Phi) is 1.59. The lowest BCUT2D eigenvalue weighted by atomic mass is 10.2. The molecule has 0 aliphatic rings. The molecule has 2 rings (SSSR count). The summed E-state index contributed by atoms with van der Waals surface area (Å²) in [4.78, 5) is 10.7. The number of aromatic nitrogens is 1. The molecule has 0 atom stereocenters. The highest BCUT2D eigenvalue weighted by molar-refractivity contribution is 5.98. The number of hydrogen-bond donors (Lipinski definition) is 1. The van der Waals surface area contributed by atoms with Crippen LogP contribution in [0.2, 0.25) is 0 Å². The minimum absolute atomic E-state index is 0.682. The summed E-state index contributed by atoms with van der Waals surface area (Å²) in [7, 11) is 1.91. The number of rotatable bonds is 1. The lowest BCUT2D eigenvalue weighted by molar-refractivity contribution is 0.112. The van der Waals surface area contributed by atoms with E-state index in [1.807, 2.05) is 29.8 Å². The number of aldehydes is 1. The molecule has 1 aromatic heterocycles.